The highest BCUT2D eigenvalue weighted by Crippen LogP contribution is 2.39. The van der Waals surface area contributed by atoms with Crippen LogP contribution < -0.4 is 5.32 Å². The van der Waals surface area contributed by atoms with E-state index in [9.17, 15) is 8.78 Å². The highest BCUT2D eigenvalue weighted by Gasteiger charge is 2.39. The number of nitrogens with one attached hydrogen (secondary N) is 1. The van der Waals surface area contributed by atoms with Crippen LogP contribution in [0.5, 0.6) is 0 Å². The molecule has 1 aliphatic carbocycles. The van der Waals surface area contributed by atoms with Crippen LogP contribution in [0.15, 0.2) is 22.7 Å². The molecule has 1 aliphatic rings. The number of benzene rings is 1. The molecule has 0 amide bonds. The van der Waals surface area contributed by atoms with E-state index >= 15 is 0 Å². The van der Waals surface area contributed by atoms with Gasteiger partial charge in [-0.3, -0.25) is 0 Å². The van der Waals surface area contributed by atoms with Crippen molar-refractivity contribution < 1.29 is 8.78 Å². The Labute approximate surface area is 113 Å². The summed E-state index contributed by atoms with van der Waals surface area (Å²) in [5.74, 6) is -2.48. The normalized spacial score (nSPS) is 21.6. The zero-order valence-corrected chi connectivity index (χ0v) is 11.3. The first-order chi connectivity index (χ1) is 8.50. The molecule has 0 spiro atoms. The first-order valence-electron chi connectivity index (χ1n) is 5.81. The van der Waals surface area contributed by atoms with Crippen molar-refractivity contribution in [1.82, 2.24) is 0 Å². The van der Waals surface area contributed by atoms with E-state index in [4.69, 9.17) is 5.26 Å². The van der Waals surface area contributed by atoms with Crippen molar-refractivity contribution in [1.29, 1.82) is 5.26 Å². The average Bonchev–Trinajstić information content (AvgIpc) is 2.67. The minimum atomic E-state index is -2.49. The van der Waals surface area contributed by atoms with Crippen molar-refractivity contribution in [2.24, 2.45) is 5.92 Å². The highest BCUT2D eigenvalue weighted by molar-refractivity contribution is 9.10. The van der Waals surface area contributed by atoms with Crippen LogP contribution in [-0.4, -0.2) is 12.5 Å². The highest BCUT2D eigenvalue weighted by atomic mass is 79.9. The van der Waals surface area contributed by atoms with Crippen molar-refractivity contribution in [3.05, 3.63) is 28.2 Å². The van der Waals surface area contributed by atoms with Crippen LogP contribution in [0.2, 0.25) is 0 Å². The van der Waals surface area contributed by atoms with Gasteiger partial charge >= 0.3 is 0 Å². The van der Waals surface area contributed by atoms with Crippen LogP contribution in [0.25, 0.3) is 0 Å². The van der Waals surface area contributed by atoms with E-state index in [0.29, 0.717) is 18.5 Å². The second-order valence-electron chi connectivity index (χ2n) is 4.65. The molecule has 1 N–H and O–H groups in total. The monoisotopic (exact) mass is 314 g/mol. The summed E-state index contributed by atoms with van der Waals surface area (Å²) < 4.78 is 26.8. The van der Waals surface area contributed by atoms with Gasteiger partial charge in [0.15, 0.2) is 0 Å². The number of nitrogens with zero attached hydrogens (tertiary/aromatic N) is 1. The van der Waals surface area contributed by atoms with Crippen LogP contribution in [0, 0.1) is 17.2 Å². The van der Waals surface area contributed by atoms with E-state index in [0.717, 1.165) is 10.2 Å². The Balaban J connectivity index is 1.93. The summed E-state index contributed by atoms with van der Waals surface area (Å²) >= 11 is 3.36. The summed E-state index contributed by atoms with van der Waals surface area (Å²) in [7, 11) is 0. The molecule has 1 aromatic carbocycles. The van der Waals surface area contributed by atoms with Gasteiger partial charge in [0, 0.05) is 29.5 Å². The third-order valence-electron chi connectivity index (χ3n) is 3.19. The molecule has 0 radical (unpaired) electrons. The van der Waals surface area contributed by atoms with Gasteiger partial charge in [0.05, 0.1) is 11.6 Å². The second kappa shape index (κ2) is 5.23. The van der Waals surface area contributed by atoms with E-state index in [1.54, 1.807) is 18.2 Å². The Morgan fingerprint density at radius 2 is 2.28 bits per heavy atom. The Hall–Kier alpha value is -1.15. The van der Waals surface area contributed by atoms with Crippen molar-refractivity contribution in [3.63, 3.8) is 0 Å². The fourth-order valence-corrected chi connectivity index (χ4v) is 2.72. The van der Waals surface area contributed by atoms with Gasteiger partial charge in [-0.1, -0.05) is 0 Å². The molecule has 2 rings (SSSR count). The lowest BCUT2D eigenvalue weighted by Gasteiger charge is -2.14. The largest absolute Gasteiger partial charge is 0.384 e. The molecule has 1 fully saturated rings. The minimum Gasteiger partial charge on any atom is -0.384 e. The fraction of sp³-hybridized carbons (Fsp3) is 0.462. The minimum absolute atomic E-state index is 0.00606. The number of halogens is 3. The van der Waals surface area contributed by atoms with Crippen molar-refractivity contribution in [2.45, 2.75) is 25.2 Å². The van der Waals surface area contributed by atoms with Gasteiger partial charge in [0.25, 0.3) is 0 Å². The number of rotatable bonds is 3. The maximum absolute atomic E-state index is 13.0. The van der Waals surface area contributed by atoms with Crippen LogP contribution in [0.1, 0.15) is 24.8 Å². The lowest BCUT2D eigenvalue weighted by Crippen LogP contribution is -2.15. The first kappa shape index (κ1) is 13.3. The fourth-order valence-electron chi connectivity index (χ4n) is 2.20. The van der Waals surface area contributed by atoms with Gasteiger partial charge in [0.1, 0.15) is 0 Å². The van der Waals surface area contributed by atoms with Gasteiger partial charge in [-0.05, 0) is 46.5 Å². The molecule has 0 bridgehead atoms. The smallest absolute Gasteiger partial charge is 0.248 e. The Morgan fingerprint density at radius 1 is 1.50 bits per heavy atom. The third-order valence-corrected chi connectivity index (χ3v) is 3.84. The number of alkyl halides is 2. The predicted molar refractivity (Wildman–Crippen MR) is 69.6 cm³/mol. The summed E-state index contributed by atoms with van der Waals surface area (Å²) in [4.78, 5) is 0. The van der Waals surface area contributed by atoms with E-state index < -0.39 is 5.92 Å². The topological polar surface area (TPSA) is 35.8 Å². The number of nitriles is 1. The van der Waals surface area contributed by atoms with Crippen LogP contribution in [0.3, 0.4) is 0 Å². The number of hydrogen-bond acceptors (Lipinski definition) is 2. The molecule has 1 atom stereocenters. The van der Waals surface area contributed by atoms with Crippen molar-refractivity contribution >= 4 is 21.6 Å². The maximum atomic E-state index is 13.0. The average molecular weight is 315 g/mol. The standard InChI is InChI=1S/C13H13BrF2N2/c14-11-5-9(7-17)1-2-12(11)18-8-10-3-4-13(15,16)6-10/h1-2,5,10,18H,3-4,6,8H2. The molecule has 96 valence electrons. The molecule has 1 unspecified atom stereocenters. The zero-order chi connectivity index (χ0) is 13.2. The van der Waals surface area contributed by atoms with Gasteiger partial charge in [-0.2, -0.15) is 5.26 Å². The Bertz CT molecular complexity index is 482. The SMILES string of the molecule is N#Cc1ccc(NCC2CCC(F)(F)C2)c(Br)c1. The zero-order valence-electron chi connectivity index (χ0n) is 9.72. The number of anilines is 1. The molecular formula is C13H13BrF2N2. The summed E-state index contributed by atoms with van der Waals surface area (Å²) in [5, 5.41) is 11.9. The lowest BCUT2D eigenvalue weighted by atomic mass is 10.1. The van der Waals surface area contributed by atoms with Crippen LogP contribution in [-0.2, 0) is 0 Å². The second-order valence-corrected chi connectivity index (χ2v) is 5.51. The van der Waals surface area contributed by atoms with E-state index in [-0.39, 0.29) is 18.8 Å². The molecule has 1 saturated carbocycles. The summed E-state index contributed by atoms with van der Waals surface area (Å²) in [5.41, 5.74) is 1.41. The van der Waals surface area contributed by atoms with Crippen LogP contribution >= 0.6 is 15.9 Å². The van der Waals surface area contributed by atoms with Gasteiger partial charge in [0.2, 0.25) is 5.92 Å². The predicted octanol–water partition coefficient (Wildman–Crippen LogP) is 4.17. The summed E-state index contributed by atoms with van der Waals surface area (Å²) in [6.45, 7) is 0.542. The summed E-state index contributed by atoms with van der Waals surface area (Å²) in [6, 6.07) is 7.25. The van der Waals surface area contributed by atoms with Crippen molar-refractivity contribution in [3.8, 4) is 6.07 Å². The summed E-state index contributed by atoms with van der Waals surface area (Å²) in [6.07, 6.45) is 0.523. The first-order valence-corrected chi connectivity index (χ1v) is 6.61. The van der Waals surface area contributed by atoms with E-state index in [1.165, 1.54) is 0 Å². The Morgan fingerprint density at radius 3 is 2.83 bits per heavy atom. The number of hydrogen-bond donors (Lipinski definition) is 1. The molecule has 0 aliphatic heterocycles. The lowest BCUT2D eigenvalue weighted by molar-refractivity contribution is 0.00556. The molecular weight excluding hydrogens is 302 g/mol. The van der Waals surface area contributed by atoms with Gasteiger partial charge in [-0.25, -0.2) is 8.78 Å². The molecule has 2 nitrogen and oxygen atoms in total. The van der Waals surface area contributed by atoms with E-state index in [1.807, 2.05) is 6.07 Å². The van der Waals surface area contributed by atoms with Crippen LogP contribution in [0.4, 0.5) is 14.5 Å². The van der Waals surface area contributed by atoms with Gasteiger partial charge < -0.3 is 5.32 Å². The molecule has 0 heterocycles. The van der Waals surface area contributed by atoms with E-state index in [2.05, 4.69) is 21.2 Å². The quantitative estimate of drug-likeness (QED) is 0.909. The Kier molecular flexibility index (Phi) is 3.86. The molecule has 0 aromatic heterocycles. The molecule has 1 aromatic rings. The molecule has 18 heavy (non-hydrogen) atoms. The van der Waals surface area contributed by atoms with Crippen molar-refractivity contribution in [2.75, 3.05) is 11.9 Å². The molecule has 5 heteroatoms. The maximum Gasteiger partial charge on any atom is 0.248 e. The third kappa shape index (κ3) is 3.20. The van der Waals surface area contributed by atoms with Gasteiger partial charge in [-0.15, -0.1) is 0 Å². The molecule has 0 saturated heterocycles.